The Hall–Kier alpha value is -3.91. The number of rotatable bonds is 9. The van der Waals surface area contributed by atoms with Crippen LogP contribution >= 0.6 is 11.6 Å². The molecule has 0 spiro atoms. The Kier molecular flexibility index (Phi) is 7.62. The largest absolute Gasteiger partial charge is 0.484 e. The highest BCUT2D eigenvalue weighted by atomic mass is 35.5. The molecule has 0 saturated carbocycles. The maximum Gasteiger partial charge on any atom is 0.265 e. The predicted molar refractivity (Wildman–Crippen MR) is 131 cm³/mol. The highest BCUT2D eigenvalue weighted by Crippen LogP contribution is 2.34. The van der Waals surface area contributed by atoms with Crippen molar-refractivity contribution in [2.75, 3.05) is 24.7 Å². The first-order valence-corrected chi connectivity index (χ1v) is 11.5. The lowest BCUT2D eigenvalue weighted by Gasteiger charge is -2.33. The number of hydrogen-bond acceptors (Lipinski definition) is 6. The molecule has 0 unspecified atom stereocenters. The number of benzene rings is 2. The summed E-state index contributed by atoms with van der Waals surface area (Å²) in [5, 5.41) is 3.25. The van der Waals surface area contributed by atoms with Crippen molar-refractivity contribution in [1.29, 1.82) is 0 Å². The molecule has 0 radical (unpaired) electrons. The lowest BCUT2D eigenvalue weighted by Crippen LogP contribution is -2.51. The molecule has 1 N–H and O–H groups in total. The number of halogens is 1. The summed E-state index contributed by atoms with van der Waals surface area (Å²) < 4.78 is 11.1. The normalized spacial score (nSPS) is 13.4. The first kappa shape index (κ1) is 24.2. The second kappa shape index (κ2) is 11.0. The summed E-state index contributed by atoms with van der Waals surface area (Å²) in [7, 11) is 0. The third-order valence-electron chi connectivity index (χ3n) is 5.53. The lowest BCUT2D eigenvalue weighted by atomic mass is 10.1. The molecule has 2 heterocycles. The van der Waals surface area contributed by atoms with Crippen molar-refractivity contribution in [3.8, 4) is 11.5 Å². The Morgan fingerprint density at radius 1 is 1.17 bits per heavy atom. The van der Waals surface area contributed by atoms with Crippen molar-refractivity contribution in [3.05, 3.63) is 83.1 Å². The molecule has 0 aliphatic carbocycles. The average Bonchev–Trinajstić information content (AvgIpc) is 2.88. The molecule has 35 heavy (non-hydrogen) atoms. The van der Waals surface area contributed by atoms with Gasteiger partial charge < -0.3 is 14.8 Å². The zero-order valence-electron chi connectivity index (χ0n) is 19.1. The SMILES string of the molecule is C[C@H](C(=O)NCCc1ccccn1)N1C(=O)COc2ccc(C(=O)COc3ccccc3Cl)cc21. The number of carbonyl (C=O) groups is 3. The van der Waals surface area contributed by atoms with Gasteiger partial charge in [0.15, 0.2) is 19.0 Å². The van der Waals surface area contributed by atoms with E-state index in [1.54, 1.807) is 55.6 Å². The van der Waals surface area contributed by atoms with Crippen LogP contribution in [0.25, 0.3) is 0 Å². The van der Waals surface area contributed by atoms with Crippen LogP contribution in [0.4, 0.5) is 5.69 Å². The molecular formula is C26H24ClN3O5. The molecule has 1 atom stereocenters. The molecule has 180 valence electrons. The smallest absolute Gasteiger partial charge is 0.265 e. The van der Waals surface area contributed by atoms with Gasteiger partial charge in [0.25, 0.3) is 5.91 Å². The maximum atomic E-state index is 12.8. The Morgan fingerprint density at radius 3 is 2.74 bits per heavy atom. The van der Waals surface area contributed by atoms with Crippen LogP contribution in [0.3, 0.4) is 0 Å². The van der Waals surface area contributed by atoms with Gasteiger partial charge in [0.1, 0.15) is 17.5 Å². The van der Waals surface area contributed by atoms with Gasteiger partial charge in [-0.2, -0.15) is 0 Å². The minimum Gasteiger partial charge on any atom is -0.484 e. The predicted octanol–water partition coefficient (Wildman–Crippen LogP) is 3.47. The van der Waals surface area contributed by atoms with E-state index in [2.05, 4.69) is 10.3 Å². The fourth-order valence-corrected chi connectivity index (χ4v) is 3.87. The van der Waals surface area contributed by atoms with Gasteiger partial charge in [-0.05, 0) is 49.4 Å². The topological polar surface area (TPSA) is 97.8 Å². The van der Waals surface area contributed by atoms with Crippen molar-refractivity contribution in [2.24, 2.45) is 0 Å². The summed E-state index contributed by atoms with van der Waals surface area (Å²) in [4.78, 5) is 43.9. The fourth-order valence-electron chi connectivity index (χ4n) is 3.68. The number of anilines is 1. The average molecular weight is 494 g/mol. The number of carbonyl (C=O) groups excluding carboxylic acids is 3. The minimum atomic E-state index is -0.807. The molecule has 8 nitrogen and oxygen atoms in total. The lowest BCUT2D eigenvalue weighted by molar-refractivity contribution is -0.127. The highest BCUT2D eigenvalue weighted by molar-refractivity contribution is 6.32. The van der Waals surface area contributed by atoms with Gasteiger partial charge in [-0.25, -0.2) is 0 Å². The van der Waals surface area contributed by atoms with Crippen LogP contribution in [0, 0.1) is 0 Å². The van der Waals surface area contributed by atoms with Crippen LogP contribution in [0.5, 0.6) is 11.5 Å². The molecule has 1 aliphatic rings. The van der Waals surface area contributed by atoms with Crippen molar-refractivity contribution in [3.63, 3.8) is 0 Å². The van der Waals surface area contributed by atoms with Crippen molar-refractivity contribution >= 4 is 34.9 Å². The molecule has 2 aromatic carbocycles. The van der Waals surface area contributed by atoms with E-state index in [9.17, 15) is 14.4 Å². The minimum absolute atomic E-state index is 0.193. The molecular weight excluding hydrogens is 470 g/mol. The Bertz CT molecular complexity index is 1230. The van der Waals surface area contributed by atoms with Gasteiger partial charge in [-0.15, -0.1) is 0 Å². The van der Waals surface area contributed by atoms with Crippen molar-refractivity contribution < 1.29 is 23.9 Å². The first-order chi connectivity index (χ1) is 16.9. The summed E-state index contributed by atoms with van der Waals surface area (Å²) in [5.41, 5.74) is 1.54. The summed E-state index contributed by atoms with van der Waals surface area (Å²) in [5.74, 6) is -0.182. The number of para-hydroxylation sites is 1. The van der Waals surface area contributed by atoms with E-state index in [1.807, 2.05) is 18.2 Å². The molecule has 2 amide bonds. The van der Waals surface area contributed by atoms with E-state index in [1.165, 1.54) is 4.90 Å². The Labute approximate surface area is 207 Å². The van der Waals surface area contributed by atoms with Crippen molar-refractivity contribution in [2.45, 2.75) is 19.4 Å². The molecule has 0 saturated heterocycles. The highest BCUT2D eigenvalue weighted by Gasteiger charge is 2.33. The van der Waals surface area contributed by atoms with E-state index in [0.29, 0.717) is 40.7 Å². The number of amides is 2. The molecule has 1 aromatic heterocycles. The second-order valence-corrected chi connectivity index (χ2v) is 8.32. The summed E-state index contributed by atoms with van der Waals surface area (Å²) in [6.45, 7) is 1.59. The first-order valence-electron chi connectivity index (χ1n) is 11.1. The van der Waals surface area contributed by atoms with Gasteiger partial charge in [-0.1, -0.05) is 29.8 Å². The number of ether oxygens (including phenoxy) is 2. The van der Waals surface area contributed by atoms with E-state index in [-0.39, 0.29) is 30.8 Å². The van der Waals surface area contributed by atoms with Gasteiger partial charge >= 0.3 is 0 Å². The molecule has 1 aliphatic heterocycles. The number of pyridine rings is 1. The molecule has 3 aromatic rings. The third-order valence-corrected chi connectivity index (χ3v) is 5.84. The number of Topliss-reactive ketones (excluding diaryl/α,β-unsaturated/α-hetero) is 1. The van der Waals surface area contributed by atoms with Gasteiger partial charge in [-0.3, -0.25) is 24.3 Å². The van der Waals surface area contributed by atoms with Gasteiger partial charge in [0.2, 0.25) is 5.91 Å². The Morgan fingerprint density at radius 2 is 1.97 bits per heavy atom. The van der Waals surface area contributed by atoms with E-state index in [0.717, 1.165) is 5.69 Å². The van der Waals surface area contributed by atoms with Gasteiger partial charge in [0.05, 0.1) is 10.7 Å². The molecule has 0 bridgehead atoms. The van der Waals surface area contributed by atoms with Crippen LogP contribution in [0.2, 0.25) is 5.02 Å². The van der Waals surface area contributed by atoms with Crippen LogP contribution in [-0.4, -0.2) is 48.4 Å². The van der Waals surface area contributed by atoms with E-state index >= 15 is 0 Å². The Balaban J connectivity index is 1.45. The summed E-state index contributed by atoms with van der Waals surface area (Å²) in [6.07, 6.45) is 2.26. The van der Waals surface area contributed by atoms with Crippen LogP contribution in [-0.2, 0) is 16.0 Å². The van der Waals surface area contributed by atoms with Crippen LogP contribution in [0.1, 0.15) is 23.0 Å². The fraction of sp³-hybridized carbons (Fsp3) is 0.231. The summed E-state index contributed by atoms with van der Waals surface area (Å²) >= 11 is 6.08. The van der Waals surface area contributed by atoms with Gasteiger partial charge in [0, 0.05) is 30.4 Å². The quantitative estimate of drug-likeness (QED) is 0.458. The second-order valence-electron chi connectivity index (χ2n) is 7.92. The number of hydrogen-bond donors (Lipinski definition) is 1. The standard InChI is InChI=1S/C26H24ClN3O5/c1-17(26(33)29-13-11-19-6-4-5-12-28-19)30-21-14-18(9-10-24(21)35-16-25(30)32)22(31)15-34-23-8-3-2-7-20(23)27/h2-10,12,14,17H,11,13,15-16H2,1H3,(H,29,33)/t17-/m1/s1. The van der Waals surface area contributed by atoms with Crippen LogP contribution < -0.4 is 19.7 Å². The van der Waals surface area contributed by atoms with Crippen LogP contribution in [0.15, 0.2) is 66.9 Å². The zero-order valence-corrected chi connectivity index (χ0v) is 19.8. The van der Waals surface area contributed by atoms with E-state index < -0.39 is 6.04 Å². The zero-order chi connectivity index (χ0) is 24.8. The maximum absolute atomic E-state index is 12.8. The number of nitrogens with zero attached hydrogens (tertiary/aromatic N) is 2. The summed E-state index contributed by atoms with van der Waals surface area (Å²) in [6, 6.07) is 16.4. The third kappa shape index (κ3) is 5.78. The number of fused-ring (bicyclic) bond motifs is 1. The van der Waals surface area contributed by atoms with Crippen molar-refractivity contribution in [1.82, 2.24) is 10.3 Å². The molecule has 9 heteroatoms. The monoisotopic (exact) mass is 493 g/mol. The number of ketones is 1. The number of nitrogens with one attached hydrogen (secondary N) is 1. The molecule has 0 fully saturated rings. The number of aromatic nitrogens is 1. The van der Waals surface area contributed by atoms with E-state index in [4.69, 9.17) is 21.1 Å². The molecule has 4 rings (SSSR count).